The lowest BCUT2D eigenvalue weighted by Gasteiger charge is -2.24. The number of primary amides is 1. The number of carbonyl (C=O) groups is 4. The number of carbonyl (C=O) groups excluding carboxylic acids is 4. The third-order valence-corrected chi connectivity index (χ3v) is 6.41. The Morgan fingerprint density at radius 2 is 1.84 bits per heavy atom. The predicted octanol–water partition coefficient (Wildman–Crippen LogP) is 2.50. The van der Waals surface area contributed by atoms with Gasteiger partial charge in [0.25, 0.3) is 5.91 Å². The summed E-state index contributed by atoms with van der Waals surface area (Å²) in [5, 5.41) is 2.52. The molecule has 0 radical (unpaired) electrons. The van der Waals surface area contributed by atoms with E-state index in [1.807, 2.05) is 19.9 Å². The van der Waals surface area contributed by atoms with Crippen molar-refractivity contribution in [2.45, 2.75) is 64.8 Å². The zero-order chi connectivity index (χ0) is 27.7. The number of nitrogens with one attached hydrogen (secondary N) is 1. The Kier molecular flexibility index (Phi) is 11.0. The number of amides is 2. The van der Waals surface area contributed by atoms with Crippen LogP contribution in [0.1, 0.15) is 46.5 Å². The minimum Gasteiger partial charge on any atom is -0.439 e. The highest BCUT2D eigenvalue weighted by Gasteiger charge is 2.30. The molecule has 1 heterocycles. The Hall–Kier alpha value is -3.50. The van der Waals surface area contributed by atoms with Crippen molar-refractivity contribution in [3.05, 3.63) is 58.5 Å². The summed E-state index contributed by atoms with van der Waals surface area (Å²) in [6, 6.07) is 0. The van der Waals surface area contributed by atoms with Gasteiger partial charge in [0, 0.05) is 31.4 Å². The zero-order valence-electron chi connectivity index (χ0n) is 22.0. The highest BCUT2D eigenvalue weighted by Crippen LogP contribution is 2.26. The highest BCUT2D eigenvalue weighted by molar-refractivity contribution is 6.23. The van der Waals surface area contributed by atoms with Crippen LogP contribution in [0.3, 0.4) is 0 Å². The van der Waals surface area contributed by atoms with Gasteiger partial charge in [-0.3, -0.25) is 14.4 Å². The number of rotatable bonds is 3. The van der Waals surface area contributed by atoms with Crippen LogP contribution in [0, 0.1) is 5.92 Å². The highest BCUT2D eigenvalue weighted by atomic mass is 16.6. The molecular formula is C27H37N3O7. The first-order chi connectivity index (χ1) is 17.5. The van der Waals surface area contributed by atoms with Gasteiger partial charge >= 0.3 is 6.09 Å². The summed E-state index contributed by atoms with van der Waals surface area (Å²) in [5.74, 6) is -1.59. The van der Waals surface area contributed by atoms with E-state index in [0.717, 1.165) is 11.6 Å². The number of fused-ring (bicyclic) bond motifs is 2. The quantitative estimate of drug-likeness (QED) is 0.382. The molecule has 202 valence electrons. The molecular weight excluding hydrogens is 478 g/mol. The summed E-state index contributed by atoms with van der Waals surface area (Å²) in [6.07, 6.45) is 7.37. The summed E-state index contributed by atoms with van der Waals surface area (Å²) in [4.78, 5) is 49.9. The molecule has 0 aromatic rings. The van der Waals surface area contributed by atoms with Gasteiger partial charge in [0.05, 0.1) is 17.5 Å². The maximum absolute atomic E-state index is 13.1. The Morgan fingerprint density at radius 1 is 1.14 bits per heavy atom. The van der Waals surface area contributed by atoms with Crippen LogP contribution in [0.2, 0.25) is 0 Å². The second-order valence-corrected chi connectivity index (χ2v) is 9.32. The van der Waals surface area contributed by atoms with Gasteiger partial charge in [-0.25, -0.2) is 4.79 Å². The van der Waals surface area contributed by atoms with Crippen molar-refractivity contribution < 1.29 is 33.4 Å². The van der Waals surface area contributed by atoms with Crippen molar-refractivity contribution in [3.8, 4) is 0 Å². The van der Waals surface area contributed by atoms with Crippen LogP contribution in [-0.4, -0.2) is 56.1 Å². The van der Waals surface area contributed by atoms with Gasteiger partial charge in [-0.05, 0) is 51.0 Å². The number of hydrogen-bond donors (Lipinski definition) is 3. The van der Waals surface area contributed by atoms with Crippen molar-refractivity contribution in [2.24, 2.45) is 17.4 Å². The lowest BCUT2D eigenvalue weighted by Crippen LogP contribution is -2.34. The fourth-order valence-electron chi connectivity index (χ4n) is 4.28. The maximum atomic E-state index is 13.1. The maximum Gasteiger partial charge on any atom is 0.405 e. The molecule has 0 fully saturated rings. The van der Waals surface area contributed by atoms with Crippen LogP contribution >= 0.6 is 0 Å². The number of nitrogens with two attached hydrogens (primary N) is 2. The summed E-state index contributed by atoms with van der Waals surface area (Å²) >= 11 is 0. The first kappa shape index (κ1) is 29.7. The smallest absolute Gasteiger partial charge is 0.405 e. The zero-order valence-corrected chi connectivity index (χ0v) is 22.0. The van der Waals surface area contributed by atoms with Crippen LogP contribution in [-0.2, 0) is 28.6 Å². The molecule has 2 bridgehead atoms. The first-order valence-corrected chi connectivity index (χ1v) is 12.1. The fraction of sp³-hybridized carbons (Fsp3) is 0.481. The molecule has 2 amide bonds. The largest absolute Gasteiger partial charge is 0.439 e. The fourth-order valence-corrected chi connectivity index (χ4v) is 4.28. The molecule has 5 N–H and O–H groups in total. The Bertz CT molecular complexity index is 1070. The SMILES string of the molecule is CO[C@@H]1CC/C=C(\C)[C@H](OC(N)=O)[C@@H](OC)/C=C\C=C(/C)C(=O)NC2=CC(=O)C(N)=C(CC(C)C1)C2=O. The summed E-state index contributed by atoms with van der Waals surface area (Å²) in [5.41, 5.74) is 12.3. The molecule has 1 aliphatic heterocycles. The van der Waals surface area contributed by atoms with Gasteiger partial charge in [-0.15, -0.1) is 0 Å². The average molecular weight is 516 g/mol. The van der Waals surface area contributed by atoms with Crippen LogP contribution in [0.4, 0.5) is 4.79 Å². The monoisotopic (exact) mass is 515 g/mol. The number of allylic oxidation sites excluding steroid dienone is 5. The molecule has 2 aliphatic rings. The number of hydrogen-bond acceptors (Lipinski definition) is 8. The molecule has 0 aromatic carbocycles. The van der Waals surface area contributed by atoms with Gasteiger partial charge in [0.1, 0.15) is 6.10 Å². The first-order valence-electron chi connectivity index (χ1n) is 12.1. The van der Waals surface area contributed by atoms with Crippen molar-refractivity contribution >= 4 is 23.6 Å². The normalized spacial score (nSPS) is 30.4. The number of Topliss-reactive ketones (excluding diaryl/α,β-unsaturated/α-hetero) is 1. The van der Waals surface area contributed by atoms with E-state index in [0.29, 0.717) is 19.3 Å². The van der Waals surface area contributed by atoms with Gasteiger partial charge in [0.2, 0.25) is 11.6 Å². The van der Waals surface area contributed by atoms with Crippen molar-refractivity contribution in [3.63, 3.8) is 0 Å². The van der Waals surface area contributed by atoms with Crippen LogP contribution in [0.25, 0.3) is 0 Å². The van der Waals surface area contributed by atoms with Gasteiger partial charge < -0.3 is 31.0 Å². The van der Waals surface area contributed by atoms with E-state index < -0.39 is 35.8 Å². The molecule has 37 heavy (non-hydrogen) atoms. The second kappa shape index (κ2) is 13.7. The van der Waals surface area contributed by atoms with Crippen LogP contribution in [0.5, 0.6) is 0 Å². The Balaban J connectivity index is 2.47. The minimum atomic E-state index is -0.937. The third kappa shape index (κ3) is 8.26. The van der Waals surface area contributed by atoms with E-state index in [1.54, 1.807) is 26.2 Å². The molecule has 1 unspecified atom stereocenters. The molecule has 2 rings (SSSR count). The second-order valence-electron chi connectivity index (χ2n) is 9.32. The molecule has 4 atom stereocenters. The molecule has 1 aliphatic carbocycles. The van der Waals surface area contributed by atoms with Crippen molar-refractivity contribution in [1.29, 1.82) is 0 Å². The standard InChI is InChI=1S/C27H37N3O7/c1-15-12-18(35-4)10-6-8-16(2)25(37-27(29)34)22(36-5)11-7-9-17(3)26(33)30-20-14-21(31)23(28)19(13-15)24(20)32/h7-9,11,14-15,18,22,25H,6,10,12-13,28H2,1-5H3,(H2,29,34)(H,30,33)/b11-7-,16-8+,17-9+/t15?,18-,22+,25+/m1/s1. The van der Waals surface area contributed by atoms with Gasteiger partial charge in [-0.2, -0.15) is 0 Å². The van der Waals surface area contributed by atoms with E-state index in [2.05, 4.69) is 5.32 Å². The van der Waals surface area contributed by atoms with Crippen LogP contribution < -0.4 is 16.8 Å². The lowest BCUT2D eigenvalue weighted by atomic mass is 9.87. The van der Waals surface area contributed by atoms with E-state index in [4.69, 9.17) is 25.7 Å². The van der Waals surface area contributed by atoms with Crippen LogP contribution in [0.15, 0.2) is 58.5 Å². The Labute approximate surface area is 217 Å². The number of methoxy groups -OCH3 is 2. The molecule has 0 spiro atoms. The topological polar surface area (TPSA) is 160 Å². The molecule has 0 saturated heterocycles. The molecule has 10 nitrogen and oxygen atoms in total. The average Bonchev–Trinajstić information content (AvgIpc) is 2.84. The lowest BCUT2D eigenvalue weighted by molar-refractivity contribution is -0.120. The Morgan fingerprint density at radius 3 is 2.46 bits per heavy atom. The van der Waals surface area contributed by atoms with Gasteiger partial charge in [0.15, 0.2) is 6.10 Å². The summed E-state index contributed by atoms with van der Waals surface area (Å²) in [6.45, 7) is 5.32. The number of ether oxygens (including phenoxy) is 3. The van der Waals surface area contributed by atoms with E-state index in [1.165, 1.54) is 13.2 Å². The predicted molar refractivity (Wildman–Crippen MR) is 138 cm³/mol. The molecule has 0 aromatic heterocycles. The number of ketones is 2. The van der Waals surface area contributed by atoms with Crippen molar-refractivity contribution in [2.75, 3.05) is 14.2 Å². The summed E-state index contributed by atoms with van der Waals surface area (Å²) in [7, 11) is 3.08. The third-order valence-electron chi connectivity index (χ3n) is 6.41. The summed E-state index contributed by atoms with van der Waals surface area (Å²) < 4.78 is 16.5. The molecule has 0 saturated carbocycles. The van der Waals surface area contributed by atoms with Gasteiger partial charge in [-0.1, -0.05) is 31.2 Å². The molecule has 10 heteroatoms. The van der Waals surface area contributed by atoms with Crippen molar-refractivity contribution in [1.82, 2.24) is 5.32 Å². The van der Waals surface area contributed by atoms with E-state index >= 15 is 0 Å². The van der Waals surface area contributed by atoms with E-state index in [-0.39, 0.29) is 41.0 Å². The minimum absolute atomic E-state index is 0.0351. The van der Waals surface area contributed by atoms with E-state index in [9.17, 15) is 19.2 Å².